The average Bonchev–Trinajstić information content (AvgIpc) is 3.14. The second kappa shape index (κ2) is 5.99. The summed E-state index contributed by atoms with van der Waals surface area (Å²) in [6.07, 6.45) is 0.651. The van der Waals surface area contributed by atoms with Crippen molar-refractivity contribution in [2.75, 3.05) is 0 Å². The Morgan fingerprint density at radius 2 is 2.27 bits per heavy atom. The van der Waals surface area contributed by atoms with Crippen LogP contribution >= 0.6 is 11.3 Å². The highest BCUT2D eigenvalue weighted by Gasteiger charge is 2.16. The highest BCUT2D eigenvalue weighted by atomic mass is 32.1. The molecule has 0 fully saturated rings. The Morgan fingerprint density at radius 1 is 1.41 bits per heavy atom. The third kappa shape index (κ3) is 2.84. The van der Waals surface area contributed by atoms with Crippen molar-refractivity contribution in [1.82, 2.24) is 15.1 Å². The minimum Gasteiger partial charge on any atom is -0.311 e. The first-order chi connectivity index (χ1) is 10.7. The molecule has 0 amide bonds. The van der Waals surface area contributed by atoms with Crippen LogP contribution in [0.25, 0.3) is 10.2 Å². The molecule has 7 nitrogen and oxygen atoms in total. The number of hydrogen-bond acceptors (Lipinski definition) is 8. The van der Waals surface area contributed by atoms with Crippen LogP contribution in [0.5, 0.6) is 0 Å². The molecule has 0 radical (unpaired) electrons. The highest BCUT2D eigenvalue weighted by Crippen LogP contribution is 2.29. The van der Waals surface area contributed by atoms with E-state index in [0.717, 1.165) is 15.8 Å². The van der Waals surface area contributed by atoms with E-state index in [4.69, 9.17) is 4.52 Å². The van der Waals surface area contributed by atoms with Crippen molar-refractivity contribution in [2.24, 2.45) is 10.2 Å². The summed E-state index contributed by atoms with van der Waals surface area (Å²) in [5.74, 6) is 0.554. The van der Waals surface area contributed by atoms with Gasteiger partial charge in [0.25, 0.3) is 0 Å². The van der Waals surface area contributed by atoms with Gasteiger partial charge in [-0.3, -0.25) is 0 Å². The molecule has 110 valence electrons. The first kappa shape index (κ1) is 14.3. The van der Waals surface area contributed by atoms with Gasteiger partial charge in [0.2, 0.25) is 6.04 Å². The van der Waals surface area contributed by atoms with Gasteiger partial charge in [0.15, 0.2) is 5.82 Å². The SMILES string of the molecule is CCc1noc(N=NC(C#N)c2nc3cc(C)ccc3s2)n1. The lowest BCUT2D eigenvalue weighted by Gasteiger charge is -1.94. The molecule has 0 saturated carbocycles. The van der Waals surface area contributed by atoms with E-state index < -0.39 is 6.04 Å². The van der Waals surface area contributed by atoms with Crippen LogP contribution in [0.2, 0.25) is 0 Å². The maximum absolute atomic E-state index is 9.28. The quantitative estimate of drug-likeness (QED) is 0.680. The number of nitrogens with zero attached hydrogens (tertiary/aromatic N) is 6. The first-order valence-corrected chi connectivity index (χ1v) is 7.51. The molecule has 0 aliphatic rings. The van der Waals surface area contributed by atoms with Crippen molar-refractivity contribution in [3.63, 3.8) is 0 Å². The van der Waals surface area contributed by atoms with Gasteiger partial charge in [-0.05, 0) is 24.6 Å². The fraction of sp³-hybridized carbons (Fsp3) is 0.286. The van der Waals surface area contributed by atoms with E-state index >= 15 is 0 Å². The Balaban J connectivity index is 1.87. The van der Waals surface area contributed by atoms with E-state index in [1.54, 1.807) is 0 Å². The van der Waals surface area contributed by atoms with Crippen molar-refractivity contribution in [2.45, 2.75) is 26.3 Å². The molecule has 1 atom stereocenters. The van der Waals surface area contributed by atoms with Crippen molar-refractivity contribution >= 4 is 27.6 Å². The molecule has 3 rings (SSSR count). The third-order valence-corrected chi connectivity index (χ3v) is 4.04. The first-order valence-electron chi connectivity index (χ1n) is 6.69. The number of fused-ring (bicyclic) bond motifs is 1. The Labute approximate surface area is 130 Å². The van der Waals surface area contributed by atoms with E-state index in [9.17, 15) is 5.26 Å². The van der Waals surface area contributed by atoms with Crippen LogP contribution in [0.15, 0.2) is 33.0 Å². The molecule has 0 saturated heterocycles. The van der Waals surface area contributed by atoms with E-state index in [-0.39, 0.29) is 6.01 Å². The van der Waals surface area contributed by atoms with Crippen LogP contribution < -0.4 is 0 Å². The molecular formula is C14H12N6OS. The zero-order valence-electron chi connectivity index (χ0n) is 12.0. The summed E-state index contributed by atoms with van der Waals surface area (Å²) >= 11 is 1.43. The molecule has 1 aromatic carbocycles. The third-order valence-electron chi connectivity index (χ3n) is 2.95. The molecule has 8 heteroatoms. The Morgan fingerprint density at radius 3 is 3.00 bits per heavy atom. The van der Waals surface area contributed by atoms with Crippen molar-refractivity contribution < 1.29 is 4.52 Å². The molecule has 0 bridgehead atoms. The van der Waals surface area contributed by atoms with E-state index in [2.05, 4.69) is 31.4 Å². The van der Waals surface area contributed by atoms with Crippen LogP contribution in [-0.4, -0.2) is 15.1 Å². The summed E-state index contributed by atoms with van der Waals surface area (Å²) in [6.45, 7) is 3.91. The monoisotopic (exact) mass is 312 g/mol. The summed E-state index contributed by atoms with van der Waals surface area (Å²) in [5.41, 5.74) is 1.99. The second-order valence-electron chi connectivity index (χ2n) is 4.62. The second-order valence-corrected chi connectivity index (χ2v) is 5.68. The van der Waals surface area contributed by atoms with Crippen LogP contribution in [0, 0.1) is 18.3 Å². The fourth-order valence-corrected chi connectivity index (χ4v) is 2.76. The molecule has 0 aliphatic heterocycles. The van der Waals surface area contributed by atoms with Crippen LogP contribution in [0.4, 0.5) is 6.01 Å². The number of thiazole rings is 1. The molecule has 0 N–H and O–H groups in total. The average molecular weight is 312 g/mol. The lowest BCUT2D eigenvalue weighted by molar-refractivity contribution is 0.417. The smallest absolute Gasteiger partial charge is 0.311 e. The maximum atomic E-state index is 9.28. The molecule has 2 aromatic heterocycles. The summed E-state index contributed by atoms with van der Waals surface area (Å²) in [7, 11) is 0. The number of aryl methyl sites for hydroxylation is 2. The minimum atomic E-state index is -0.783. The molecule has 2 heterocycles. The molecule has 0 aliphatic carbocycles. The van der Waals surface area contributed by atoms with Gasteiger partial charge in [0.1, 0.15) is 5.01 Å². The van der Waals surface area contributed by atoms with Gasteiger partial charge in [-0.2, -0.15) is 15.4 Å². The van der Waals surface area contributed by atoms with Crippen molar-refractivity contribution in [1.29, 1.82) is 5.26 Å². The number of rotatable bonds is 4. The Bertz CT molecular complexity index is 875. The van der Waals surface area contributed by atoms with Gasteiger partial charge in [0, 0.05) is 6.42 Å². The van der Waals surface area contributed by atoms with Crippen molar-refractivity contribution in [3.8, 4) is 6.07 Å². The molecule has 3 aromatic rings. The topological polar surface area (TPSA) is 100 Å². The van der Waals surface area contributed by atoms with Crippen LogP contribution in [0.1, 0.15) is 29.4 Å². The zero-order chi connectivity index (χ0) is 15.5. The Kier molecular flexibility index (Phi) is 3.89. The number of aromatic nitrogens is 3. The molecule has 22 heavy (non-hydrogen) atoms. The van der Waals surface area contributed by atoms with Gasteiger partial charge in [-0.1, -0.05) is 23.3 Å². The summed E-state index contributed by atoms with van der Waals surface area (Å²) in [6, 6.07) is 7.33. The van der Waals surface area contributed by atoms with E-state index in [1.807, 2.05) is 32.0 Å². The largest absolute Gasteiger partial charge is 0.365 e. The fourth-order valence-electron chi connectivity index (χ4n) is 1.84. The number of hydrogen-bond donors (Lipinski definition) is 0. The highest BCUT2D eigenvalue weighted by molar-refractivity contribution is 7.18. The summed E-state index contributed by atoms with van der Waals surface area (Å²) in [5, 5.41) is 21.4. The van der Waals surface area contributed by atoms with Gasteiger partial charge in [0.05, 0.1) is 16.3 Å². The Hall–Kier alpha value is -2.66. The molecule has 0 spiro atoms. The number of azo groups is 1. The lowest BCUT2D eigenvalue weighted by atomic mass is 10.2. The van der Waals surface area contributed by atoms with Gasteiger partial charge < -0.3 is 4.52 Å². The predicted molar refractivity (Wildman–Crippen MR) is 80.9 cm³/mol. The zero-order valence-corrected chi connectivity index (χ0v) is 12.8. The van der Waals surface area contributed by atoms with Crippen LogP contribution in [0.3, 0.4) is 0 Å². The van der Waals surface area contributed by atoms with Gasteiger partial charge in [-0.25, -0.2) is 4.98 Å². The summed E-state index contributed by atoms with van der Waals surface area (Å²) < 4.78 is 5.93. The number of benzene rings is 1. The predicted octanol–water partition coefficient (Wildman–Crippen LogP) is 3.90. The van der Waals surface area contributed by atoms with E-state index in [0.29, 0.717) is 17.3 Å². The standard InChI is InChI=1S/C14H12N6OS/c1-3-12-17-14(21-20-12)19-18-10(7-15)13-16-9-6-8(2)4-5-11(9)22-13/h4-6,10H,3H2,1-2H3. The van der Waals surface area contributed by atoms with E-state index in [1.165, 1.54) is 11.3 Å². The maximum Gasteiger partial charge on any atom is 0.365 e. The minimum absolute atomic E-state index is 0.0501. The van der Waals surface area contributed by atoms with Crippen LogP contribution in [-0.2, 0) is 6.42 Å². The van der Waals surface area contributed by atoms with Gasteiger partial charge >= 0.3 is 6.01 Å². The lowest BCUT2D eigenvalue weighted by Crippen LogP contribution is -1.89. The molecule has 1 unspecified atom stereocenters. The summed E-state index contributed by atoms with van der Waals surface area (Å²) in [4.78, 5) is 8.47. The number of nitriles is 1. The van der Waals surface area contributed by atoms with Gasteiger partial charge in [-0.15, -0.1) is 11.3 Å². The molecular weight excluding hydrogens is 300 g/mol. The van der Waals surface area contributed by atoms with Crippen molar-refractivity contribution in [3.05, 3.63) is 34.6 Å². The normalized spacial score (nSPS) is 12.8.